The molecule has 2 rings (SSSR count). The van der Waals surface area contributed by atoms with E-state index in [-0.39, 0.29) is 0 Å². The van der Waals surface area contributed by atoms with Crippen molar-refractivity contribution in [2.45, 2.75) is 0 Å². The van der Waals surface area contributed by atoms with Crippen LogP contribution in [0.2, 0.25) is 0 Å². The zero-order chi connectivity index (χ0) is 9.80. The fourth-order valence-corrected chi connectivity index (χ4v) is 1.34. The summed E-state index contributed by atoms with van der Waals surface area (Å²) < 4.78 is 1.08. The molecule has 1 aromatic rings. The third-order valence-corrected chi connectivity index (χ3v) is 2.31. The lowest BCUT2D eigenvalue weighted by Crippen LogP contribution is -2.13. The summed E-state index contributed by atoms with van der Waals surface area (Å²) in [5.74, 6) is 0.757. The van der Waals surface area contributed by atoms with Crippen LogP contribution in [0.3, 0.4) is 0 Å². The number of hydrogen-bond donors (Lipinski definition) is 1. The Kier molecular flexibility index (Phi) is 2.96. The van der Waals surface area contributed by atoms with E-state index in [0.29, 0.717) is 6.73 Å². The van der Waals surface area contributed by atoms with Crippen LogP contribution in [-0.2, 0) is 4.84 Å². The summed E-state index contributed by atoms with van der Waals surface area (Å²) >= 11 is 3.38. The Bertz CT molecular complexity index is 370. The molecule has 1 heterocycles. The second kappa shape index (κ2) is 4.39. The predicted molar refractivity (Wildman–Crippen MR) is 59.7 cm³/mol. The van der Waals surface area contributed by atoms with Gasteiger partial charge in [-0.3, -0.25) is 4.84 Å². The van der Waals surface area contributed by atoms with Crippen molar-refractivity contribution in [3.63, 3.8) is 0 Å². The molecule has 1 aromatic carbocycles. The SMILES string of the molecule is Brc1ccc(/C=C/C2=NCON2)cc1. The number of rotatable bonds is 2. The van der Waals surface area contributed by atoms with Crippen molar-refractivity contribution in [3.05, 3.63) is 40.4 Å². The topological polar surface area (TPSA) is 33.6 Å². The minimum atomic E-state index is 0.389. The van der Waals surface area contributed by atoms with E-state index in [9.17, 15) is 0 Å². The van der Waals surface area contributed by atoms with E-state index in [0.717, 1.165) is 15.9 Å². The predicted octanol–water partition coefficient (Wildman–Crippen LogP) is 2.35. The van der Waals surface area contributed by atoms with Gasteiger partial charge in [0.15, 0.2) is 6.73 Å². The van der Waals surface area contributed by atoms with E-state index in [1.54, 1.807) is 0 Å². The zero-order valence-corrected chi connectivity index (χ0v) is 8.99. The third-order valence-electron chi connectivity index (χ3n) is 1.78. The highest BCUT2D eigenvalue weighted by molar-refractivity contribution is 9.10. The average molecular weight is 253 g/mol. The van der Waals surface area contributed by atoms with Gasteiger partial charge in [0.05, 0.1) is 0 Å². The lowest BCUT2D eigenvalue weighted by atomic mass is 10.2. The minimum Gasteiger partial charge on any atom is -0.251 e. The van der Waals surface area contributed by atoms with Crippen molar-refractivity contribution in [2.75, 3.05) is 6.73 Å². The largest absolute Gasteiger partial charge is 0.251 e. The molecule has 3 nitrogen and oxygen atoms in total. The molecule has 72 valence electrons. The molecule has 0 bridgehead atoms. The fraction of sp³-hybridized carbons (Fsp3) is 0.100. The van der Waals surface area contributed by atoms with Crippen LogP contribution in [0.4, 0.5) is 0 Å². The summed E-state index contributed by atoms with van der Waals surface area (Å²) in [7, 11) is 0. The van der Waals surface area contributed by atoms with Crippen molar-refractivity contribution >= 4 is 27.8 Å². The molecule has 0 spiro atoms. The number of hydrogen-bond acceptors (Lipinski definition) is 3. The quantitative estimate of drug-likeness (QED) is 0.877. The molecule has 0 unspecified atom stereocenters. The molecular formula is C10H9BrN2O. The lowest BCUT2D eigenvalue weighted by molar-refractivity contribution is 0.115. The molecule has 0 saturated carbocycles. The molecule has 0 fully saturated rings. The van der Waals surface area contributed by atoms with Gasteiger partial charge in [-0.1, -0.05) is 34.1 Å². The number of hydroxylamine groups is 1. The van der Waals surface area contributed by atoms with Crippen LogP contribution in [0.5, 0.6) is 0 Å². The molecule has 1 aliphatic heterocycles. The van der Waals surface area contributed by atoms with Gasteiger partial charge in [-0.2, -0.15) is 0 Å². The van der Waals surface area contributed by atoms with Gasteiger partial charge in [0.2, 0.25) is 0 Å². The van der Waals surface area contributed by atoms with Crippen molar-refractivity contribution in [2.24, 2.45) is 4.99 Å². The van der Waals surface area contributed by atoms with Gasteiger partial charge in [0.25, 0.3) is 0 Å². The lowest BCUT2D eigenvalue weighted by Gasteiger charge is -1.94. The standard InChI is InChI=1S/C10H9BrN2O/c11-9-4-1-8(2-5-9)3-6-10-12-7-14-13-10/h1-6H,7H2,(H,12,13)/b6-3+. The number of benzene rings is 1. The van der Waals surface area contributed by atoms with Crippen LogP contribution in [0.1, 0.15) is 5.56 Å². The molecule has 0 aliphatic carbocycles. The number of aliphatic imine (C=N–C) groups is 1. The Morgan fingerprint density at radius 1 is 1.29 bits per heavy atom. The summed E-state index contributed by atoms with van der Waals surface area (Å²) in [5.41, 5.74) is 3.82. The molecule has 0 atom stereocenters. The van der Waals surface area contributed by atoms with Crippen molar-refractivity contribution in [1.29, 1.82) is 0 Å². The van der Waals surface area contributed by atoms with Gasteiger partial charge in [0, 0.05) is 4.47 Å². The van der Waals surface area contributed by atoms with Gasteiger partial charge < -0.3 is 0 Å². The highest BCUT2D eigenvalue weighted by Crippen LogP contribution is 2.11. The maximum Gasteiger partial charge on any atom is 0.167 e. The first-order valence-electron chi connectivity index (χ1n) is 4.20. The maximum absolute atomic E-state index is 4.85. The number of halogens is 1. The van der Waals surface area contributed by atoms with Crippen LogP contribution in [0.25, 0.3) is 6.08 Å². The molecule has 0 aromatic heterocycles. The first-order valence-corrected chi connectivity index (χ1v) is 5.00. The highest BCUT2D eigenvalue weighted by Gasteiger charge is 1.99. The van der Waals surface area contributed by atoms with Gasteiger partial charge >= 0.3 is 0 Å². The van der Waals surface area contributed by atoms with Gasteiger partial charge in [-0.25, -0.2) is 10.5 Å². The van der Waals surface area contributed by atoms with Crippen LogP contribution in [0.15, 0.2) is 39.8 Å². The molecule has 1 aliphatic rings. The molecule has 0 saturated heterocycles. The average Bonchev–Trinajstić information content (AvgIpc) is 2.70. The fourth-order valence-electron chi connectivity index (χ4n) is 1.08. The van der Waals surface area contributed by atoms with Gasteiger partial charge in [-0.15, -0.1) is 0 Å². The molecule has 1 N–H and O–H groups in total. The first kappa shape index (κ1) is 9.43. The summed E-state index contributed by atoms with van der Waals surface area (Å²) in [6, 6.07) is 8.05. The monoisotopic (exact) mass is 252 g/mol. The van der Waals surface area contributed by atoms with E-state index in [2.05, 4.69) is 26.4 Å². The van der Waals surface area contributed by atoms with E-state index in [1.807, 2.05) is 36.4 Å². The van der Waals surface area contributed by atoms with Gasteiger partial charge in [-0.05, 0) is 23.8 Å². The summed E-state index contributed by atoms with van der Waals surface area (Å²) in [5, 5.41) is 0. The second-order valence-corrected chi connectivity index (χ2v) is 3.72. The third kappa shape index (κ3) is 2.43. The number of nitrogens with one attached hydrogen (secondary N) is 1. The normalized spacial score (nSPS) is 15.6. The maximum atomic E-state index is 4.85. The number of nitrogens with zero attached hydrogens (tertiary/aromatic N) is 1. The first-order chi connectivity index (χ1) is 6.84. The minimum absolute atomic E-state index is 0.389. The van der Waals surface area contributed by atoms with Gasteiger partial charge in [0.1, 0.15) is 5.84 Å². The summed E-state index contributed by atoms with van der Waals surface area (Å²) in [6.07, 6.45) is 3.86. The van der Waals surface area contributed by atoms with Crippen LogP contribution in [0, 0.1) is 0 Å². The smallest absolute Gasteiger partial charge is 0.167 e. The summed E-state index contributed by atoms with van der Waals surface area (Å²) in [6.45, 7) is 0.389. The Balaban J connectivity index is 2.06. The molecule has 0 amide bonds. The molecule has 4 heteroatoms. The molecule has 0 radical (unpaired) electrons. The van der Waals surface area contributed by atoms with E-state index >= 15 is 0 Å². The van der Waals surface area contributed by atoms with Crippen molar-refractivity contribution < 1.29 is 4.84 Å². The highest BCUT2D eigenvalue weighted by atomic mass is 79.9. The summed E-state index contributed by atoms with van der Waals surface area (Å²) in [4.78, 5) is 8.91. The van der Waals surface area contributed by atoms with Crippen molar-refractivity contribution in [1.82, 2.24) is 5.48 Å². The Morgan fingerprint density at radius 2 is 2.07 bits per heavy atom. The van der Waals surface area contributed by atoms with Crippen LogP contribution < -0.4 is 5.48 Å². The Morgan fingerprint density at radius 3 is 2.71 bits per heavy atom. The zero-order valence-electron chi connectivity index (χ0n) is 7.40. The van der Waals surface area contributed by atoms with E-state index in [1.165, 1.54) is 0 Å². The Hall–Kier alpha value is -1.13. The van der Waals surface area contributed by atoms with E-state index < -0.39 is 0 Å². The molecule has 14 heavy (non-hydrogen) atoms. The number of amidine groups is 1. The van der Waals surface area contributed by atoms with E-state index in [4.69, 9.17) is 4.84 Å². The Labute approximate surface area is 90.6 Å². The van der Waals surface area contributed by atoms with Crippen LogP contribution in [-0.4, -0.2) is 12.6 Å². The second-order valence-electron chi connectivity index (χ2n) is 2.80. The van der Waals surface area contributed by atoms with Crippen molar-refractivity contribution in [3.8, 4) is 0 Å². The molecular weight excluding hydrogens is 244 g/mol. The van der Waals surface area contributed by atoms with Crippen LogP contribution >= 0.6 is 15.9 Å².